The molecule has 0 atom stereocenters. The number of aromatic nitrogens is 1. The van der Waals surface area contributed by atoms with E-state index in [-0.39, 0.29) is 18.1 Å². The van der Waals surface area contributed by atoms with Gasteiger partial charge in [0.15, 0.2) is 0 Å². The van der Waals surface area contributed by atoms with E-state index in [1.165, 1.54) is 0 Å². The zero-order valence-corrected chi connectivity index (χ0v) is 14.7. The van der Waals surface area contributed by atoms with Crippen LogP contribution < -0.4 is 5.32 Å². The largest absolute Gasteiger partial charge is 0.481 e. The fraction of sp³-hybridized carbons (Fsp3) is 0.0952. The molecule has 0 saturated heterocycles. The van der Waals surface area contributed by atoms with Crippen molar-refractivity contribution in [2.24, 2.45) is 7.05 Å². The number of carboxylic acids is 1. The molecule has 0 saturated carbocycles. The van der Waals surface area contributed by atoms with Gasteiger partial charge in [0.25, 0.3) is 5.91 Å². The number of hydrogen-bond donors (Lipinski definition) is 2. The van der Waals surface area contributed by atoms with Crippen molar-refractivity contribution in [3.05, 3.63) is 89.2 Å². The highest BCUT2D eigenvalue weighted by Crippen LogP contribution is 2.15. The number of nitrogens with one attached hydrogen (secondary N) is 1. The summed E-state index contributed by atoms with van der Waals surface area (Å²) in [5.41, 5.74) is 2.50. The van der Waals surface area contributed by atoms with Gasteiger partial charge >= 0.3 is 5.97 Å². The SMILES string of the molecule is Cn1c(CC(=O)O)ccc1C(=O)c1ccc(C(=O)Nc2ccccc2)cc1. The Balaban J connectivity index is 1.75. The maximum Gasteiger partial charge on any atom is 0.309 e. The second kappa shape index (κ2) is 7.70. The summed E-state index contributed by atoms with van der Waals surface area (Å²) in [5.74, 6) is -1.45. The number of aliphatic carboxylic acids is 1. The first-order chi connectivity index (χ1) is 13.0. The molecule has 3 rings (SSSR count). The van der Waals surface area contributed by atoms with Crippen LogP contribution in [0.1, 0.15) is 32.1 Å². The molecule has 6 heteroatoms. The Hall–Kier alpha value is -3.67. The molecule has 1 aromatic heterocycles. The van der Waals surface area contributed by atoms with Gasteiger partial charge in [-0.2, -0.15) is 0 Å². The van der Waals surface area contributed by atoms with Crippen molar-refractivity contribution < 1.29 is 19.5 Å². The number of carboxylic acid groups (broad SMARTS) is 1. The maximum absolute atomic E-state index is 12.7. The molecule has 27 heavy (non-hydrogen) atoms. The van der Waals surface area contributed by atoms with Crippen molar-refractivity contribution >= 4 is 23.3 Å². The van der Waals surface area contributed by atoms with E-state index in [9.17, 15) is 14.4 Å². The summed E-state index contributed by atoms with van der Waals surface area (Å²) in [4.78, 5) is 35.8. The van der Waals surface area contributed by atoms with Gasteiger partial charge in [-0.3, -0.25) is 14.4 Å². The molecule has 0 radical (unpaired) electrons. The van der Waals surface area contributed by atoms with Crippen LogP contribution in [0.3, 0.4) is 0 Å². The molecule has 0 spiro atoms. The fourth-order valence-corrected chi connectivity index (χ4v) is 2.76. The monoisotopic (exact) mass is 362 g/mol. The number of rotatable bonds is 6. The quantitative estimate of drug-likeness (QED) is 0.660. The van der Waals surface area contributed by atoms with Gasteiger partial charge in [0.1, 0.15) is 0 Å². The number of anilines is 1. The van der Waals surface area contributed by atoms with Crippen LogP contribution in [0.2, 0.25) is 0 Å². The molecule has 2 aromatic carbocycles. The first-order valence-corrected chi connectivity index (χ1v) is 8.33. The zero-order valence-electron chi connectivity index (χ0n) is 14.7. The summed E-state index contributed by atoms with van der Waals surface area (Å²) in [6.07, 6.45) is -0.150. The Morgan fingerprint density at radius 3 is 2.15 bits per heavy atom. The number of ketones is 1. The van der Waals surface area contributed by atoms with E-state index >= 15 is 0 Å². The average molecular weight is 362 g/mol. The molecule has 1 heterocycles. The van der Waals surface area contributed by atoms with Crippen molar-refractivity contribution in [1.29, 1.82) is 0 Å². The van der Waals surface area contributed by atoms with E-state index in [0.29, 0.717) is 28.2 Å². The summed E-state index contributed by atoms with van der Waals surface area (Å²) < 4.78 is 1.58. The molecule has 0 aliphatic rings. The van der Waals surface area contributed by atoms with Gasteiger partial charge in [-0.1, -0.05) is 30.3 Å². The molecule has 1 amide bonds. The predicted octanol–water partition coefficient (Wildman–Crippen LogP) is 3.14. The summed E-state index contributed by atoms with van der Waals surface area (Å²) >= 11 is 0. The predicted molar refractivity (Wildman–Crippen MR) is 101 cm³/mol. The normalized spacial score (nSPS) is 10.4. The second-order valence-electron chi connectivity index (χ2n) is 6.07. The topological polar surface area (TPSA) is 88.4 Å². The number of hydrogen-bond acceptors (Lipinski definition) is 3. The van der Waals surface area contributed by atoms with E-state index in [1.807, 2.05) is 18.2 Å². The number of nitrogens with zero attached hydrogens (tertiary/aromatic N) is 1. The standard InChI is InChI=1S/C21H18N2O4/c1-23-17(13-19(24)25)11-12-18(23)20(26)14-7-9-15(10-8-14)21(27)22-16-5-3-2-4-6-16/h2-12H,13H2,1H3,(H,22,27)(H,24,25). The summed E-state index contributed by atoms with van der Waals surface area (Å²) in [6.45, 7) is 0. The minimum atomic E-state index is -0.955. The third-order valence-electron chi connectivity index (χ3n) is 4.23. The summed E-state index contributed by atoms with van der Waals surface area (Å²) in [7, 11) is 1.66. The van der Waals surface area contributed by atoms with Gasteiger partial charge in [0.2, 0.25) is 5.78 Å². The Kier molecular flexibility index (Phi) is 5.17. The number of para-hydroxylation sites is 1. The Morgan fingerprint density at radius 2 is 1.52 bits per heavy atom. The Morgan fingerprint density at radius 1 is 0.889 bits per heavy atom. The van der Waals surface area contributed by atoms with Crippen LogP contribution in [-0.2, 0) is 18.3 Å². The first-order valence-electron chi connectivity index (χ1n) is 8.33. The molecule has 6 nitrogen and oxygen atoms in total. The summed E-state index contributed by atoms with van der Waals surface area (Å²) in [6, 6.07) is 18.7. The highest BCUT2D eigenvalue weighted by molar-refractivity contribution is 6.09. The van der Waals surface area contributed by atoms with Gasteiger partial charge in [-0.25, -0.2) is 0 Å². The minimum absolute atomic E-state index is 0.150. The molecule has 3 aromatic rings. The van der Waals surface area contributed by atoms with Gasteiger partial charge in [-0.15, -0.1) is 0 Å². The minimum Gasteiger partial charge on any atom is -0.481 e. The lowest BCUT2D eigenvalue weighted by Crippen LogP contribution is -2.13. The van der Waals surface area contributed by atoms with E-state index < -0.39 is 5.97 Å². The highest BCUT2D eigenvalue weighted by Gasteiger charge is 2.16. The first kappa shape index (κ1) is 18.1. The molecule has 136 valence electrons. The zero-order chi connectivity index (χ0) is 19.4. The van der Waals surface area contributed by atoms with Gasteiger partial charge in [0.05, 0.1) is 12.1 Å². The summed E-state index contributed by atoms with van der Waals surface area (Å²) in [5, 5.41) is 11.7. The van der Waals surface area contributed by atoms with Crippen molar-refractivity contribution in [3.63, 3.8) is 0 Å². The smallest absolute Gasteiger partial charge is 0.309 e. The number of amides is 1. The maximum atomic E-state index is 12.7. The van der Waals surface area contributed by atoms with Crippen LogP contribution >= 0.6 is 0 Å². The van der Waals surface area contributed by atoms with Crippen molar-refractivity contribution in [2.75, 3.05) is 5.32 Å². The van der Waals surface area contributed by atoms with Crippen LogP contribution in [0, 0.1) is 0 Å². The number of carbonyl (C=O) groups is 3. The lowest BCUT2D eigenvalue weighted by atomic mass is 10.1. The van der Waals surface area contributed by atoms with E-state index in [0.717, 1.165) is 0 Å². The van der Waals surface area contributed by atoms with Gasteiger partial charge in [-0.05, 0) is 36.4 Å². The molecule has 0 bridgehead atoms. The van der Waals surface area contributed by atoms with Crippen molar-refractivity contribution in [1.82, 2.24) is 4.57 Å². The lowest BCUT2D eigenvalue weighted by Gasteiger charge is -2.08. The third-order valence-corrected chi connectivity index (χ3v) is 4.23. The van der Waals surface area contributed by atoms with E-state index in [1.54, 1.807) is 60.1 Å². The van der Waals surface area contributed by atoms with Crippen molar-refractivity contribution in [2.45, 2.75) is 6.42 Å². The molecule has 2 N–H and O–H groups in total. The second-order valence-corrected chi connectivity index (χ2v) is 6.07. The average Bonchev–Trinajstić information content (AvgIpc) is 3.02. The Labute approximate surface area is 156 Å². The van der Waals surface area contributed by atoms with Crippen LogP contribution in [-0.4, -0.2) is 27.3 Å². The van der Waals surface area contributed by atoms with E-state index in [2.05, 4.69) is 5.32 Å². The molecule has 0 unspecified atom stereocenters. The molecular formula is C21H18N2O4. The van der Waals surface area contributed by atoms with Crippen molar-refractivity contribution in [3.8, 4) is 0 Å². The van der Waals surface area contributed by atoms with Crippen LogP contribution in [0.4, 0.5) is 5.69 Å². The van der Waals surface area contributed by atoms with Crippen LogP contribution in [0.25, 0.3) is 0 Å². The fourth-order valence-electron chi connectivity index (χ4n) is 2.76. The highest BCUT2D eigenvalue weighted by atomic mass is 16.4. The lowest BCUT2D eigenvalue weighted by molar-refractivity contribution is -0.136. The Bertz CT molecular complexity index is 989. The van der Waals surface area contributed by atoms with Gasteiger partial charge in [0, 0.05) is 29.6 Å². The molecule has 0 aliphatic carbocycles. The number of carbonyl (C=O) groups excluding carboxylic acids is 2. The molecular weight excluding hydrogens is 344 g/mol. The van der Waals surface area contributed by atoms with Crippen LogP contribution in [0.15, 0.2) is 66.7 Å². The molecule has 0 fully saturated rings. The third kappa shape index (κ3) is 4.12. The van der Waals surface area contributed by atoms with Gasteiger partial charge < -0.3 is 15.0 Å². The van der Waals surface area contributed by atoms with Crippen LogP contribution in [0.5, 0.6) is 0 Å². The van der Waals surface area contributed by atoms with E-state index in [4.69, 9.17) is 5.11 Å². The number of benzene rings is 2. The molecule has 0 aliphatic heterocycles.